The Morgan fingerprint density at radius 1 is 0.561 bits per heavy atom. The highest BCUT2D eigenvalue weighted by molar-refractivity contribution is 5.84. The molecule has 0 spiro atoms. The van der Waals surface area contributed by atoms with Crippen molar-refractivity contribution in [3.05, 3.63) is 89.5 Å². The highest BCUT2D eigenvalue weighted by Crippen LogP contribution is 2.18. The molecule has 0 aliphatic rings. The van der Waals surface area contributed by atoms with Crippen molar-refractivity contribution in [3.63, 3.8) is 0 Å². The first kappa shape index (κ1) is 51.4. The lowest BCUT2D eigenvalue weighted by molar-refractivity contribution is -0.147. The smallest absolute Gasteiger partial charge is 0.302 e. The number of aliphatic imine (C=N–C) groups is 3. The lowest BCUT2D eigenvalue weighted by Crippen LogP contribution is -2.36. The van der Waals surface area contributed by atoms with E-state index in [2.05, 4.69) is 15.0 Å². The van der Waals surface area contributed by atoms with E-state index in [1.54, 1.807) is 81.7 Å². The number of phenols is 3. The van der Waals surface area contributed by atoms with E-state index in [1.807, 2.05) is 52.8 Å². The van der Waals surface area contributed by atoms with Gasteiger partial charge in [-0.15, -0.1) is 0 Å². The zero-order valence-electron chi connectivity index (χ0n) is 35.1. The van der Waals surface area contributed by atoms with Gasteiger partial charge in [0.05, 0.1) is 17.7 Å². The molecule has 0 fully saturated rings. The Kier molecular flexibility index (Phi) is 22.4. The number of hydrogen-bond acceptors (Lipinski definition) is 14. The fraction of sp³-hybridized carbons (Fsp3) is 0.442. The average molecular weight is 795 g/mol. The largest absolute Gasteiger partial charge is 0.507 e. The molecule has 0 saturated carbocycles. The molecule has 0 aromatic heterocycles. The van der Waals surface area contributed by atoms with E-state index in [9.17, 15) is 29.7 Å². The van der Waals surface area contributed by atoms with Crippen molar-refractivity contribution < 1.29 is 49.0 Å². The normalized spacial score (nSPS) is 11.7. The maximum atomic E-state index is 10.9. The van der Waals surface area contributed by atoms with Gasteiger partial charge in [0.25, 0.3) is 0 Å². The van der Waals surface area contributed by atoms with Gasteiger partial charge in [-0.1, -0.05) is 36.4 Å². The van der Waals surface area contributed by atoms with E-state index in [4.69, 9.17) is 25.1 Å². The second-order valence-electron chi connectivity index (χ2n) is 15.4. The molecule has 0 amide bonds. The summed E-state index contributed by atoms with van der Waals surface area (Å²) >= 11 is 0. The van der Waals surface area contributed by atoms with Crippen molar-refractivity contribution in [1.29, 1.82) is 0 Å². The maximum absolute atomic E-state index is 10.9. The van der Waals surface area contributed by atoms with Crippen LogP contribution < -0.4 is 5.73 Å². The third-order valence-corrected chi connectivity index (χ3v) is 6.68. The number of aliphatic hydroxyl groups is 1. The zero-order valence-corrected chi connectivity index (χ0v) is 35.1. The van der Waals surface area contributed by atoms with Gasteiger partial charge in [0, 0.05) is 61.6 Å². The van der Waals surface area contributed by atoms with Crippen LogP contribution >= 0.6 is 0 Å². The minimum absolute atomic E-state index is 0.0281. The third kappa shape index (κ3) is 26.8. The number of esters is 3. The Morgan fingerprint density at radius 3 is 1.16 bits per heavy atom. The van der Waals surface area contributed by atoms with Gasteiger partial charge in [-0.2, -0.15) is 0 Å². The summed E-state index contributed by atoms with van der Waals surface area (Å²) in [5, 5.41) is 36.9. The number of nitrogens with two attached hydrogens (primary N) is 1. The van der Waals surface area contributed by atoms with Gasteiger partial charge in [0.15, 0.2) is 0 Å². The van der Waals surface area contributed by atoms with Crippen molar-refractivity contribution in [2.45, 2.75) is 98.3 Å². The molecule has 0 heterocycles. The van der Waals surface area contributed by atoms with Gasteiger partial charge in [-0.05, 0) is 91.8 Å². The van der Waals surface area contributed by atoms with Crippen LogP contribution in [0.15, 0.2) is 87.8 Å². The molecule has 0 saturated heterocycles. The van der Waals surface area contributed by atoms with Crippen LogP contribution in [0.2, 0.25) is 0 Å². The number of nitrogens with zero attached hydrogens (tertiary/aromatic N) is 3. The van der Waals surface area contributed by atoms with Gasteiger partial charge < -0.3 is 40.4 Å². The number of benzene rings is 3. The van der Waals surface area contributed by atoms with E-state index in [0.29, 0.717) is 11.1 Å². The molecule has 0 radical (unpaired) electrons. The maximum Gasteiger partial charge on any atom is 0.302 e. The summed E-state index contributed by atoms with van der Waals surface area (Å²) in [6, 6.07) is 20.8. The molecule has 57 heavy (non-hydrogen) atoms. The van der Waals surface area contributed by atoms with E-state index in [-0.39, 0.29) is 55.2 Å². The fourth-order valence-electron chi connectivity index (χ4n) is 3.47. The standard InChI is InChI=1S/C15H19NO5.C13H17NO3.C11H15NO.C4H11NO/c1-11(17)20-9-15(3,10-21-12(2)18)16-8-13-6-4-5-7-14(13)19;1-10(15)17-9-13(2,3)14-8-11-6-4-5-7-12(11)16;1-11(2,3)12-8-9-6-4-5-7-10(9)13;1-4(2,5)3-6/h4-8,19H,9-10H2,1-3H3;4-8,16H,9H2,1-3H3;4-8,13H,1-3H3;6H,3,5H2,1-2H3. The van der Waals surface area contributed by atoms with Gasteiger partial charge in [-0.3, -0.25) is 29.4 Å². The summed E-state index contributed by atoms with van der Waals surface area (Å²) in [5.74, 6) is -0.668. The molecule has 14 heteroatoms. The summed E-state index contributed by atoms with van der Waals surface area (Å²) in [5.41, 5.74) is 5.29. The summed E-state index contributed by atoms with van der Waals surface area (Å²) < 4.78 is 14.8. The Bertz CT molecular complexity index is 1760. The number of para-hydroxylation sites is 3. The quantitative estimate of drug-likeness (QED) is 0.0792. The predicted molar refractivity (Wildman–Crippen MR) is 225 cm³/mol. The van der Waals surface area contributed by atoms with E-state index < -0.39 is 28.6 Å². The summed E-state index contributed by atoms with van der Waals surface area (Å²) in [4.78, 5) is 45.5. The topological polar surface area (TPSA) is 223 Å². The monoisotopic (exact) mass is 794 g/mol. The van der Waals surface area contributed by atoms with Crippen LogP contribution in [0.25, 0.3) is 0 Å². The number of carbonyl (C=O) groups excluding carboxylic acids is 3. The number of ether oxygens (including phenoxy) is 3. The number of hydrogen-bond donors (Lipinski definition) is 5. The van der Waals surface area contributed by atoms with Crippen molar-refractivity contribution in [1.82, 2.24) is 0 Å². The van der Waals surface area contributed by atoms with Crippen LogP contribution in [0, 0.1) is 0 Å². The highest BCUT2D eigenvalue weighted by atomic mass is 16.5. The minimum atomic E-state index is -0.917. The summed E-state index contributed by atoms with van der Waals surface area (Å²) in [6.45, 7) is 19.1. The molecular formula is C43H62N4O10. The molecule has 314 valence electrons. The molecular weight excluding hydrogens is 732 g/mol. The first-order valence-corrected chi connectivity index (χ1v) is 18.1. The number of carbonyl (C=O) groups is 3. The van der Waals surface area contributed by atoms with Crippen molar-refractivity contribution >= 4 is 36.6 Å². The molecule has 0 unspecified atom stereocenters. The van der Waals surface area contributed by atoms with Crippen LogP contribution in [-0.4, -0.2) is 106 Å². The van der Waals surface area contributed by atoms with E-state index in [0.717, 1.165) is 5.56 Å². The molecule has 3 rings (SSSR count). The number of rotatable bonds is 12. The van der Waals surface area contributed by atoms with Crippen LogP contribution in [-0.2, 0) is 28.6 Å². The number of aromatic hydroxyl groups is 3. The number of aliphatic hydroxyl groups excluding tert-OH is 1. The Balaban J connectivity index is 0.000000785. The van der Waals surface area contributed by atoms with E-state index in [1.165, 1.54) is 33.1 Å². The van der Waals surface area contributed by atoms with Gasteiger partial charge in [-0.25, -0.2) is 0 Å². The number of phenolic OH excluding ortho intramolecular Hbond substituents is 3. The predicted octanol–water partition coefficient (Wildman–Crippen LogP) is 6.17. The average Bonchev–Trinajstić information content (AvgIpc) is 3.12. The Labute approximate surface area is 337 Å². The third-order valence-electron chi connectivity index (χ3n) is 6.68. The summed E-state index contributed by atoms with van der Waals surface area (Å²) in [6.07, 6.45) is 4.75. The minimum Gasteiger partial charge on any atom is -0.507 e. The Morgan fingerprint density at radius 2 is 0.860 bits per heavy atom. The molecule has 0 aliphatic carbocycles. The lowest BCUT2D eigenvalue weighted by atomic mass is 10.1. The van der Waals surface area contributed by atoms with Crippen molar-refractivity contribution in [2.75, 3.05) is 26.4 Å². The van der Waals surface area contributed by atoms with Crippen LogP contribution in [0.5, 0.6) is 17.2 Å². The van der Waals surface area contributed by atoms with Crippen LogP contribution in [0.3, 0.4) is 0 Å². The molecule has 3 aromatic rings. The second-order valence-corrected chi connectivity index (χ2v) is 15.4. The van der Waals surface area contributed by atoms with Crippen molar-refractivity contribution in [2.24, 2.45) is 20.7 Å². The van der Waals surface area contributed by atoms with E-state index >= 15 is 0 Å². The van der Waals surface area contributed by atoms with Gasteiger partial charge >= 0.3 is 17.9 Å². The SMILES string of the molecule is CC(=O)OCC(C)(C)N=Cc1ccccc1O.CC(=O)OCC(C)(COC(C)=O)N=Cc1ccccc1O.CC(C)(C)N=Cc1ccccc1O.CC(C)(N)CO. The van der Waals surface area contributed by atoms with Gasteiger partial charge in [0.1, 0.15) is 42.6 Å². The Hall–Kier alpha value is -5.60. The fourth-order valence-corrected chi connectivity index (χ4v) is 3.47. The second kappa shape index (κ2) is 24.8. The zero-order chi connectivity index (χ0) is 43.9. The first-order chi connectivity index (χ1) is 26.3. The molecule has 0 atom stereocenters. The molecule has 3 aromatic carbocycles. The molecule has 6 N–H and O–H groups in total. The van der Waals surface area contributed by atoms with Gasteiger partial charge in [0.2, 0.25) is 0 Å². The summed E-state index contributed by atoms with van der Waals surface area (Å²) in [7, 11) is 0. The lowest BCUT2D eigenvalue weighted by Gasteiger charge is -2.23. The van der Waals surface area contributed by atoms with Crippen LogP contribution in [0.1, 0.15) is 92.9 Å². The first-order valence-electron chi connectivity index (χ1n) is 18.1. The molecule has 14 nitrogen and oxygen atoms in total. The van der Waals surface area contributed by atoms with Crippen LogP contribution in [0.4, 0.5) is 0 Å². The molecule has 0 aliphatic heterocycles. The highest BCUT2D eigenvalue weighted by Gasteiger charge is 2.26. The molecule has 0 bridgehead atoms. The van der Waals surface area contributed by atoms with Crippen molar-refractivity contribution in [3.8, 4) is 17.2 Å².